The van der Waals surface area contributed by atoms with Crippen molar-refractivity contribution in [1.29, 1.82) is 0 Å². The Morgan fingerprint density at radius 1 is 0.865 bits per heavy atom. The average Bonchev–Trinajstić information content (AvgIpc) is 2.92. The minimum Gasteiger partial charge on any atom is -0.469 e. The highest BCUT2D eigenvalue weighted by atomic mass is 19.1. The van der Waals surface area contributed by atoms with E-state index in [2.05, 4.69) is 0 Å². The number of benzene rings is 3. The quantitative estimate of drug-likeness (QED) is 0.183. The number of ether oxygens (including phenoxy) is 4. The summed E-state index contributed by atoms with van der Waals surface area (Å²) >= 11 is 0. The van der Waals surface area contributed by atoms with Crippen molar-refractivity contribution in [2.24, 2.45) is 5.92 Å². The van der Waals surface area contributed by atoms with Gasteiger partial charge >= 0.3 is 11.9 Å². The smallest absolute Gasteiger partial charge is 0.337 e. The Morgan fingerprint density at radius 3 is 2.38 bits per heavy atom. The van der Waals surface area contributed by atoms with Gasteiger partial charge in [0.15, 0.2) is 11.6 Å². The third kappa shape index (κ3) is 9.35. The van der Waals surface area contributed by atoms with Crippen LogP contribution in [0.5, 0.6) is 11.5 Å². The highest BCUT2D eigenvalue weighted by molar-refractivity contribution is 5.89. The standard InChI is InChI=1S/C30H33FO6/c1-34-29(32)13-6-3-8-23(18-22-14-16-25(17-15-22)30(33)35-2)20-36-21-24-9-7-10-26(19-24)37-28-12-5-4-11-27(28)31/h4-5,7,9-12,14-17,19,23H,3,6,8,13,18,20-21H2,1-2H3. The maximum atomic E-state index is 13.9. The van der Waals surface area contributed by atoms with Gasteiger partial charge in [0, 0.05) is 6.42 Å². The Bertz CT molecular complexity index is 1140. The number of hydrogen-bond acceptors (Lipinski definition) is 6. The number of carbonyl (C=O) groups is 2. The summed E-state index contributed by atoms with van der Waals surface area (Å²) in [7, 11) is 2.76. The minimum atomic E-state index is -0.418. The zero-order chi connectivity index (χ0) is 26.5. The average molecular weight is 509 g/mol. The minimum absolute atomic E-state index is 0.172. The van der Waals surface area contributed by atoms with Crippen LogP contribution in [0, 0.1) is 11.7 Å². The van der Waals surface area contributed by atoms with Crippen molar-refractivity contribution < 1.29 is 32.9 Å². The Morgan fingerprint density at radius 2 is 1.65 bits per heavy atom. The molecule has 7 heteroatoms. The number of unbranched alkanes of at least 4 members (excludes halogenated alkanes) is 1. The molecule has 0 aliphatic rings. The third-order valence-electron chi connectivity index (χ3n) is 5.96. The molecule has 0 aromatic heterocycles. The van der Waals surface area contributed by atoms with Gasteiger partial charge in [-0.1, -0.05) is 42.8 Å². The second kappa shape index (κ2) is 14.8. The molecule has 0 spiro atoms. The second-order valence-corrected chi connectivity index (χ2v) is 8.78. The molecule has 6 nitrogen and oxygen atoms in total. The van der Waals surface area contributed by atoms with Gasteiger partial charge in [0.2, 0.25) is 0 Å². The summed E-state index contributed by atoms with van der Waals surface area (Å²) in [5, 5.41) is 0. The molecular formula is C30H33FO6. The van der Waals surface area contributed by atoms with Crippen LogP contribution in [0.3, 0.4) is 0 Å². The monoisotopic (exact) mass is 508 g/mol. The van der Waals surface area contributed by atoms with E-state index in [-0.39, 0.29) is 23.6 Å². The highest BCUT2D eigenvalue weighted by Gasteiger charge is 2.13. The largest absolute Gasteiger partial charge is 0.469 e. The normalized spacial score (nSPS) is 11.5. The Balaban J connectivity index is 1.57. The molecule has 0 N–H and O–H groups in total. The number of halogens is 1. The van der Waals surface area contributed by atoms with Gasteiger partial charge in [-0.25, -0.2) is 9.18 Å². The fraction of sp³-hybridized carbons (Fsp3) is 0.333. The molecule has 0 amide bonds. The summed E-state index contributed by atoms with van der Waals surface area (Å²) in [6.45, 7) is 0.907. The van der Waals surface area contributed by atoms with E-state index < -0.39 is 5.82 Å². The molecule has 0 saturated carbocycles. The van der Waals surface area contributed by atoms with E-state index in [4.69, 9.17) is 18.9 Å². The molecule has 3 aromatic rings. The van der Waals surface area contributed by atoms with Crippen molar-refractivity contribution in [2.45, 2.75) is 38.7 Å². The van der Waals surface area contributed by atoms with E-state index in [0.29, 0.717) is 30.9 Å². The van der Waals surface area contributed by atoms with Crippen molar-refractivity contribution in [3.63, 3.8) is 0 Å². The summed E-state index contributed by atoms with van der Waals surface area (Å²) in [5.41, 5.74) is 2.52. The molecule has 37 heavy (non-hydrogen) atoms. The first kappa shape index (κ1) is 27.9. The van der Waals surface area contributed by atoms with Gasteiger partial charge in [-0.15, -0.1) is 0 Å². The van der Waals surface area contributed by atoms with Crippen molar-refractivity contribution in [1.82, 2.24) is 0 Å². The Hall–Kier alpha value is -3.71. The molecule has 196 valence electrons. The van der Waals surface area contributed by atoms with E-state index in [9.17, 15) is 14.0 Å². The van der Waals surface area contributed by atoms with Gasteiger partial charge in [-0.05, 0) is 72.7 Å². The molecule has 1 unspecified atom stereocenters. The van der Waals surface area contributed by atoms with E-state index >= 15 is 0 Å². The first-order chi connectivity index (χ1) is 18.0. The SMILES string of the molecule is COC(=O)CCCCC(COCc1cccc(Oc2ccccc2F)c1)Cc1ccc(C(=O)OC)cc1. The third-order valence-corrected chi connectivity index (χ3v) is 5.96. The number of carbonyl (C=O) groups excluding carboxylic acids is 2. The molecule has 0 bridgehead atoms. The fourth-order valence-corrected chi connectivity index (χ4v) is 3.97. The van der Waals surface area contributed by atoms with Crippen LogP contribution >= 0.6 is 0 Å². The van der Waals surface area contributed by atoms with Crippen molar-refractivity contribution in [2.75, 3.05) is 20.8 Å². The van der Waals surface area contributed by atoms with E-state index in [1.807, 2.05) is 30.3 Å². The molecule has 0 fully saturated rings. The predicted molar refractivity (Wildman–Crippen MR) is 138 cm³/mol. The van der Waals surface area contributed by atoms with Gasteiger partial charge in [0.05, 0.1) is 33.0 Å². The van der Waals surface area contributed by atoms with Gasteiger partial charge in [0.1, 0.15) is 5.75 Å². The van der Waals surface area contributed by atoms with Crippen LogP contribution in [0.25, 0.3) is 0 Å². The second-order valence-electron chi connectivity index (χ2n) is 8.78. The maximum absolute atomic E-state index is 13.9. The number of para-hydroxylation sites is 1. The predicted octanol–water partition coefficient (Wildman–Crippen LogP) is 6.51. The first-order valence-electron chi connectivity index (χ1n) is 12.3. The van der Waals surface area contributed by atoms with Crippen molar-refractivity contribution in [3.05, 3.63) is 95.3 Å². The summed E-state index contributed by atoms with van der Waals surface area (Å²) in [4.78, 5) is 23.1. The van der Waals surface area contributed by atoms with Crippen molar-refractivity contribution in [3.8, 4) is 11.5 Å². The van der Waals surface area contributed by atoms with Crippen LogP contribution in [0.2, 0.25) is 0 Å². The van der Waals surface area contributed by atoms with Crippen LogP contribution < -0.4 is 4.74 Å². The summed E-state index contributed by atoms with van der Waals surface area (Å²) in [6.07, 6.45) is 3.67. The van der Waals surface area contributed by atoms with Crippen molar-refractivity contribution >= 4 is 11.9 Å². The van der Waals surface area contributed by atoms with Crippen LogP contribution in [-0.2, 0) is 32.0 Å². The van der Waals surface area contributed by atoms with E-state index in [1.165, 1.54) is 20.3 Å². The summed E-state index contributed by atoms with van der Waals surface area (Å²) in [6, 6.07) is 21.1. The van der Waals surface area contributed by atoms with E-state index in [0.717, 1.165) is 36.8 Å². The number of esters is 2. The molecule has 3 rings (SSSR count). The number of rotatable bonds is 14. The maximum Gasteiger partial charge on any atom is 0.337 e. The molecule has 0 heterocycles. The zero-order valence-corrected chi connectivity index (χ0v) is 21.3. The van der Waals surface area contributed by atoms with E-state index in [1.54, 1.807) is 36.4 Å². The van der Waals surface area contributed by atoms with Gasteiger partial charge in [0.25, 0.3) is 0 Å². The molecular weight excluding hydrogens is 475 g/mol. The molecule has 0 aliphatic carbocycles. The lowest BCUT2D eigenvalue weighted by Crippen LogP contribution is -2.14. The fourth-order valence-electron chi connectivity index (χ4n) is 3.97. The molecule has 0 saturated heterocycles. The lowest BCUT2D eigenvalue weighted by molar-refractivity contribution is -0.140. The van der Waals surface area contributed by atoms with Gasteiger partial charge in [-0.2, -0.15) is 0 Å². The molecule has 3 aromatic carbocycles. The molecule has 1 atom stereocenters. The van der Waals surface area contributed by atoms with Crippen LogP contribution in [-0.4, -0.2) is 32.8 Å². The van der Waals surface area contributed by atoms with Crippen LogP contribution in [0.4, 0.5) is 4.39 Å². The zero-order valence-electron chi connectivity index (χ0n) is 21.3. The number of methoxy groups -OCH3 is 2. The summed E-state index contributed by atoms with van der Waals surface area (Å²) < 4.78 is 35.2. The lowest BCUT2D eigenvalue weighted by Gasteiger charge is -2.18. The summed E-state index contributed by atoms with van der Waals surface area (Å²) in [5.74, 6) is -0.0560. The van der Waals surface area contributed by atoms with Crippen LogP contribution in [0.1, 0.15) is 47.2 Å². The van der Waals surface area contributed by atoms with Gasteiger partial charge in [-0.3, -0.25) is 4.79 Å². The first-order valence-corrected chi connectivity index (χ1v) is 12.3. The Kier molecular flexibility index (Phi) is 11.1. The lowest BCUT2D eigenvalue weighted by atomic mass is 9.94. The number of hydrogen-bond donors (Lipinski definition) is 0. The molecule has 0 aliphatic heterocycles. The topological polar surface area (TPSA) is 71.1 Å². The van der Waals surface area contributed by atoms with Gasteiger partial charge < -0.3 is 18.9 Å². The highest BCUT2D eigenvalue weighted by Crippen LogP contribution is 2.25. The Labute approximate surface area is 217 Å². The molecule has 0 radical (unpaired) electrons. The van der Waals surface area contributed by atoms with Crippen LogP contribution in [0.15, 0.2) is 72.8 Å².